The Morgan fingerprint density at radius 2 is 1.59 bits per heavy atom. The van der Waals surface area contributed by atoms with Crippen LogP contribution in [0.4, 0.5) is 0 Å². The number of nitrogens with zero attached hydrogens (tertiary/aromatic N) is 2. The van der Waals surface area contributed by atoms with E-state index in [2.05, 4.69) is 29.1 Å². The minimum atomic E-state index is 0. The van der Waals surface area contributed by atoms with Crippen molar-refractivity contribution in [1.29, 1.82) is 0 Å². The van der Waals surface area contributed by atoms with E-state index in [-0.39, 0.29) is 17.0 Å². The quantitative estimate of drug-likeness (QED) is 0.662. The third kappa shape index (κ3) is 2.94. The number of aromatic nitrogens is 1. The Balaban J connectivity index is 0.00000108. The fourth-order valence-corrected chi connectivity index (χ4v) is 3.58. The summed E-state index contributed by atoms with van der Waals surface area (Å²) in [5.74, 6) is 1.09. The van der Waals surface area contributed by atoms with Gasteiger partial charge in [-0.3, -0.25) is 0 Å². The van der Waals surface area contributed by atoms with E-state index in [9.17, 15) is 0 Å². The maximum atomic E-state index is 2.31. The molecule has 0 radical (unpaired) electrons. The first-order valence-corrected chi connectivity index (χ1v) is 6.82. The number of hydrogen-bond acceptors (Lipinski definition) is 0. The molecule has 4 rings (SSSR count). The van der Waals surface area contributed by atoms with Crippen LogP contribution in [-0.4, -0.2) is 35.2 Å². The van der Waals surface area contributed by atoms with Gasteiger partial charge >= 0.3 is 0 Å². The maximum absolute atomic E-state index is 2.31. The predicted molar refractivity (Wildman–Crippen MR) is 66.1 cm³/mol. The number of quaternary nitrogens is 1. The summed E-state index contributed by atoms with van der Waals surface area (Å²) in [7, 11) is 0. The van der Waals surface area contributed by atoms with Crippen molar-refractivity contribution >= 4 is 0 Å². The van der Waals surface area contributed by atoms with Crippen molar-refractivity contribution < 1.29 is 21.5 Å². The van der Waals surface area contributed by atoms with Gasteiger partial charge in [-0.2, -0.15) is 0 Å². The molecule has 0 N–H and O–H groups in total. The van der Waals surface area contributed by atoms with Crippen LogP contribution in [-0.2, 0) is 6.54 Å². The van der Waals surface area contributed by atoms with Gasteiger partial charge < -0.3 is 26.0 Å². The molecular weight excluding hydrogens is 276 g/mol. The third-order valence-corrected chi connectivity index (χ3v) is 4.75. The lowest BCUT2D eigenvalue weighted by Gasteiger charge is -2.49. The van der Waals surface area contributed by atoms with E-state index in [1.54, 1.807) is 0 Å². The third-order valence-electron chi connectivity index (χ3n) is 4.75. The largest absolute Gasteiger partial charge is 1.00 e. The smallest absolute Gasteiger partial charge is 0.0803 e. The van der Waals surface area contributed by atoms with Gasteiger partial charge in [-0.05, 0) is 37.3 Å². The van der Waals surface area contributed by atoms with Gasteiger partial charge in [0, 0.05) is 25.4 Å². The molecule has 3 aliphatic rings. The average molecular weight is 299 g/mol. The lowest BCUT2D eigenvalue weighted by molar-refractivity contribution is -0.942. The summed E-state index contributed by atoms with van der Waals surface area (Å²) in [6, 6.07) is 4.25. The Kier molecular flexibility index (Phi) is 4.31. The first-order valence-electron chi connectivity index (χ1n) is 6.82. The molecule has 4 heterocycles. The molecule has 96 valence electrons. The highest BCUT2D eigenvalue weighted by Crippen LogP contribution is 2.33. The normalized spacial score (nSPS) is 31.2. The molecule has 3 aliphatic heterocycles. The van der Waals surface area contributed by atoms with E-state index in [4.69, 9.17) is 0 Å². The van der Waals surface area contributed by atoms with E-state index >= 15 is 0 Å². The second-order valence-corrected chi connectivity index (χ2v) is 5.74. The first kappa shape index (κ1) is 13.2. The standard InChI is InChI=1S/C14H23N2.BrH/c1-2-8-15(7-1)9-3-10-16-11-4-14(5-12-16)6-13-16;/h1-2,7-8,14H,3-6,9-13H2;1H/q+1;/p-1. The SMILES string of the molecule is [Br-].c1ccn(CCC[N+]23CCC(CC2)CC3)c1. The van der Waals surface area contributed by atoms with Crippen LogP contribution in [0, 0.1) is 5.92 Å². The minimum Gasteiger partial charge on any atom is -1.00 e. The van der Waals surface area contributed by atoms with E-state index in [0.717, 1.165) is 5.92 Å². The number of piperidine rings is 3. The topological polar surface area (TPSA) is 4.93 Å². The van der Waals surface area contributed by atoms with Crippen LogP contribution in [0.2, 0.25) is 0 Å². The summed E-state index contributed by atoms with van der Waals surface area (Å²) < 4.78 is 3.76. The van der Waals surface area contributed by atoms with Gasteiger partial charge in [0.05, 0.1) is 26.2 Å². The number of rotatable bonds is 4. The summed E-state index contributed by atoms with van der Waals surface area (Å²) in [6.07, 6.45) is 10.2. The Labute approximate surface area is 115 Å². The second-order valence-electron chi connectivity index (χ2n) is 5.74. The number of aryl methyl sites for hydroxylation is 1. The molecule has 3 fully saturated rings. The molecule has 2 nitrogen and oxygen atoms in total. The van der Waals surface area contributed by atoms with Crippen molar-refractivity contribution in [3.63, 3.8) is 0 Å². The molecule has 0 amide bonds. The molecule has 2 bridgehead atoms. The highest BCUT2D eigenvalue weighted by atomic mass is 79.9. The summed E-state index contributed by atoms with van der Waals surface area (Å²) >= 11 is 0. The van der Waals surface area contributed by atoms with Crippen LogP contribution >= 0.6 is 0 Å². The summed E-state index contributed by atoms with van der Waals surface area (Å²) in [5.41, 5.74) is 0. The van der Waals surface area contributed by atoms with E-state index < -0.39 is 0 Å². The Bertz CT molecular complexity index is 312. The summed E-state index contributed by atoms with van der Waals surface area (Å²) in [6.45, 7) is 7.02. The Morgan fingerprint density at radius 3 is 2.18 bits per heavy atom. The van der Waals surface area contributed by atoms with Gasteiger partial charge in [-0.1, -0.05) is 0 Å². The zero-order valence-electron chi connectivity index (χ0n) is 10.5. The van der Waals surface area contributed by atoms with E-state index in [1.165, 1.54) is 62.9 Å². The summed E-state index contributed by atoms with van der Waals surface area (Å²) in [5, 5.41) is 0. The first-order chi connectivity index (χ1) is 7.86. The van der Waals surface area contributed by atoms with Crippen LogP contribution in [0.25, 0.3) is 0 Å². The van der Waals surface area contributed by atoms with Crippen molar-refractivity contribution in [2.45, 2.75) is 32.2 Å². The zero-order chi connectivity index (χ0) is 10.8. The molecule has 3 heteroatoms. The Morgan fingerprint density at radius 1 is 1.00 bits per heavy atom. The van der Waals surface area contributed by atoms with E-state index in [0.29, 0.717) is 0 Å². The highest BCUT2D eigenvalue weighted by Gasteiger charge is 2.38. The minimum absolute atomic E-state index is 0. The van der Waals surface area contributed by atoms with E-state index in [1.807, 2.05) is 0 Å². The molecule has 0 aliphatic carbocycles. The highest BCUT2D eigenvalue weighted by molar-refractivity contribution is 4.90. The van der Waals surface area contributed by atoms with Crippen molar-refractivity contribution in [1.82, 2.24) is 4.57 Å². The molecule has 1 aromatic rings. The number of hydrogen-bond donors (Lipinski definition) is 0. The molecule has 1 aromatic heterocycles. The lowest BCUT2D eigenvalue weighted by Crippen LogP contribution is -3.00. The van der Waals surface area contributed by atoms with Crippen molar-refractivity contribution in [3.8, 4) is 0 Å². The monoisotopic (exact) mass is 298 g/mol. The molecule has 0 atom stereocenters. The predicted octanol–water partition coefficient (Wildman–Crippen LogP) is -0.487. The van der Waals surface area contributed by atoms with Gasteiger partial charge in [0.1, 0.15) is 0 Å². The van der Waals surface area contributed by atoms with Crippen LogP contribution < -0.4 is 17.0 Å². The van der Waals surface area contributed by atoms with Crippen LogP contribution in [0.15, 0.2) is 24.5 Å². The van der Waals surface area contributed by atoms with Gasteiger partial charge in [0.15, 0.2) is 0 Å². The van der Waals surface area contributed by atoms with Gasteiger partial charge in [0.25, 0.3) is 0 Å². The zero-order valence-corrected chi connectivity index (χ0v) is 12.1. The van der Waals surface area contributed by atoms with Gasteiger partial charge in [-0.25, -0.2) is 0 Å². The molecule has 0 unspecified atom stereocenters. The molecule has 0 saturated carbocycles. The van der Waals surface area contributed by atoms with Crippen molar-refractivity contribution in [3.05, 3.63) is 24.5 Å². The molecule has 3 saturated heterocycles. The van der Waals surface area contributed by atoms with Crippen molar-refractivity contribution in [2.75, 3.05) is 26.2 Å². The maximum Gasteiger partial charge on any atom is 0.0803 e. The lowest BCUT2D eigenvalue weighted by atomic mass is 9.85. The molecular formula is C14H23BrN2. The summed E-state index contributed by atoms with van der Waals surface area (Å²) in [4.78, 5) is 0. The van der Waals surface area contributed by atoms with Crippen LogP contribution in [0.1, 0.15) is 25.7 Å². The van der Waals surface area contributed by atoms with Gasteiger partial charge in [-0.15, -0.1) is 0 Å². The molecule has 17 heavy (non-hydrogen) atoms. The average Bonchev–Trinajstić information content (AvgIpc) is 2.84. The van der Waals surface area contributed by atoms with Gasteiger partial charge in [0.2, 0.25) is 0 Å². The fraction of sp³-hybridized carbons (Fsp3) is 0.714. The Hall–Kier alpha value is -0.280. The second kappa shape index (κ2) is 5.57. The molecule has 0 spiro atoms. The fourth-order valence-electron chi connectivity index (χ4n) is 3.58. The number of halogens is 1. The number of fused-ring (bicyclic) bond motifs is 3. The van der Waals surface area contributed by atoms with Crippen molar-refractivity contribution in [2.24, 2.45) is 5.92 Å². The van der Waals surface area contributed by atoms with Crippen LogP contribution in [0.3, 0.4) is 0 Å². The van der Waals surface area contributed by atoms with Crippen LogP contribution in [0.5, 0.6) is 0 Å². The molecule has 0 aromatic carbocycles.